The molecule has 0 amide bonds. The number of hydrogen-bond acceptors (Lipinski definition) is 5. The van der Waals surface area contributed by atoms with Crippen LogP contribution >= 0.6 is 11.3 Å². The van der Waals surface area contributed by atoms with Gasteiger partial charge in [-0.3, -0.25) is 4.98 Å². The number of hydrogen-bond donors (Lipinski definition) is 2. The van der Waals surface area contributed by atoms with Crippen molar-refractivity contribution in [1.82, 2.24) is 9.97 Å². The van der Waals surface area contributed by atoms with E-state index in [1.54, 1.807) is 23.6 Å². The predicted octanol–water partition coefficient (Wildman–Crippen LogP) is 7.51. The second-order valence-corrected chi connectivity index (χ2v) is 4.98. The number of aliphatic hydroxyl groups is 1. The second kappa shape index (κ2) is 25.5. The Morgan fingerprint density at radius 1 is 1.03 bits per heavy atom. The number of allylic oxidation sites excluding steroid dienone is 6. The zero-order chi connectivity index (χ0) is 22.9. The summed E-state index contributed by atoms with van der Waals surface area (Å²) in [7, 11) is 1.00. The first kappa shape index (κ1) is 31.2. The molecule has 5 heteroatoms. The van der Waals surface area contributed by atoms with E-state index in [2.05, 4.69) is 21.9 Å². The summed E-state index contributed by atoms with van der Waals surface area (Å²) in [6, 6.07) is 5.81. The Kier molecular flexibility index (Phi) is 27.4. The highest BCUT2D eigenvalue weighted by atomic mass is 32.1. The van der Waals surface area contributed by atoms with Gasteiger partial charge in [-0.2, -0.15) is 0 Å². The van der Waals surface area contributed by atoms with Gasteiger partial charge < -0.3 is 10.4 Å². The SMILES string of the molecule is C=C\C=C/C=C(\C=C/C)Nc1nc(-c2ccccn2)cs1.CC.CC.CC.CO. The number of anilines is 1. The maximum atomic E-state index is 7.00. The fourth-order valence-electron chi connectivity index (χ4n) is 1.64. The van der Waals surface area contributed by atoms with Crippen LogP contribution < -0.4 is 5.32 Å². The van der Waals surface area contributed by atoms with Gasteiger partial charge in [-0.05, 0) is 31.2 Å². The van der Waals surface area contributed by atoms with Crippen molar-refractivity contribution in [1.29, 1.82) is 0 Å². The van der Waals surface area contributed by atoms with Gasteiger partial charge in [0.1, 0.15) is 5.69 Å². The summed E-state index contributed by atoms with van der Waals surface area (Å²) in [4.78, 5) is 8.86. The molecule has 0 aromatic carbocycles. The van der Waals surface area contributed by atoms with Gasteiger partial charge in [0.25, 0.3) is 0 Å². The van der Waals surface area contributed by atoms with Crippen LogP contribution in [0.15, 0.2) is 78.5 Å². The number of aliphatic hydroxyl groups excluding tert-OH is 1. The van der Waals surface area contributed by atoms with Crippen LogP contribution in [-0.4, -0.2) is 22.2 Å². The molecule has 2 heterocycles. The molecule has 0 bridgehead atoms. The lowest BCUT2D eigenvalue weighted by atomic mass is 10.3. The molecule has 2 rings (SSSR count). The topological polar surface area (TPSA) is 58.0 Å². The molecule has 0 radical (unpaired) electrons. The molecule has 29 heavy (non-hydrogen) atoms. The van der Waals surface area contributed by atoms with Gasteiger partial charge in [0, 0.05) is 24.4 Å². The number of nitrogens with one attached hydrogen (secondary N) is 1. The van der Waals surface area contributed by atoms with Gasteiger partial charge in [0.2, 0.25) is 0 Å². The molecule has 0 aliphatic carbocycles. The Balaban J connectivity index is -0.000000754. The van der Waals surface area contributed by atoms with E-state index in [9.17, 15) is 0 Å². The van der Waals surface area contributed by atoms with Crippen LogP contribution in [0.1, 0.15) is 48.5 Å². The van der Waals surface area contributed by atoms with Gasteiger partial charge in [0.05, 0.1) is 5.69 Å². The maximum absolute atomic E-state index is 7.00. The van der Waals surface area contributed by atoms with Gasteiger partial charge >= 0.3 is 0 Å². The molecule has 2 N–H and O–H groups in total. The molecule has 0 unspecified atom stereocenters. The lowest BCUT2D eigenvalue weighted by molar-refractivity contribution is 0.399. The summed E-state index contributed by atoms with van der Waals surface area (Å²) < 4.78 is 0. The van der Waals surface area contributed by atoms with Gasteiger partial charge in [0.15, 0.2) is 5.13 Å². The third-order valence-electron chi connectivity index (χ3n) is 2.55. The highest BCUT2D eigenvalue weighted by Gasteiger charge is 2.05. The zero-order valence-corrected chi connectivity index (χ0v) is 20.1. The van der Waals surface area contributed by atoms with Crippen LogP contribution in [0.25, 0.3) is 11.4 Å². The number of pyridine rings is 1. The van der Waals surface area contributed by atoms with Crippen molar-refractivity contribution in [3.63, 3.8) is 0 Å². The summed E-state index contributed by atoms with van der Waals surface area (Å²) in [6.07, 6.45) is 13.3. The summed E-state index contributed by atoms with van der Waals surface area (Å²) in [5, 5.41) is 13.1. The lowest BCUT2D eigenvalue weighted by Gasteiger charge is -2.02. The van der Waals surface area contributed by atoms with Crippen LogP contribution in [0.2, 0.25) is 0 Å². The van der Waals surface area contributed by atoms with E-state index in [-0.39, 0.29) is 0 Å². The summed E-state index contributed by atoms with van der Waals surface area (Å²) in [5.74, 6) is 0. The van der Waals surface area contributed by atoms with Crippen LogP contribution in [0.5, 0.6) is 0 Å². The second-order valence-electron chi connectivity index (χ2n) is 4.12. The Bertz CT molecular complexity index is 674. The Labute approximate surface area is 182 Å². The highest BCUT2D eigenvalue weighted by molar-refractivity contribution is 7.14. The first-order valence-corrected chi connectivity index (χ1v) is 10.9. The first-order valence-electron chi connectivity index (χ1n) is 10.0. The van der Waals surface area contributed by atoms with Crippen molar-refractivity contribution < 1.29 is 5.11 Å². The average molecular weight is 418 g/mol. The maximum Gasteiger partial charge on any atom is 0.187 e. The Hall–Kier alpha value is -2.50. The van der Waals surface area contributed by atoms with Gasteiger partial charge in [-0.1, -0.05) is 78.5 Å². The number of thiazole rings is 1. The van der Waals surface area contributed by atoms with Gasteiger partial charge in [-0.25, -0.2) is 4.98 Å². The molecule has 0 fully saturated rings. The number of nitrogens with zero attached hydrogens (tertiary/aromatic N) is 2. The minimum Gasteiger partial charge on any atom is -0.400 e. The summed E-state index contributed by atoms with van der Waals surface area (Å²) in [6.45, 7) is 17.6. The van der Waals surface area contributed by atoms with Crippen molar-refractivity contribution in [2.45, 2.75) is 48.5 Å². The van der Waals surface area contributed by atoms with Crippen molar-refractivity contribution >= 4 is 16.5 Å². The predicted molar refractivity (Wildman–Crippen MR) is 133 cm³/mol. The lowest BCUT2D eigenvalue weighted by Crippen LogP contribution is -1.96. The van der Waals surface area contributed by atoms with E-state index >= 15 is 0 Å². The zero-order valence-electron chi connectivity index (χ0n) is 19.3. The quantitative estimate of drug-likeness (QED) is 0.477. The highest BCUT2D eigenvalue weighted by Crippen LogP contribution is 2.24. The molecular formula is C24H39N3OS. The van der Waals surface area contributed by atoms with E-state index < -0.39 is 0 Å². The van der Waals surface area contributed by atoms with Crippen LogP contribution in [0, 0.1) is 0 Å². The monoisotopic (exact) mass is 417 g/mol. The number of rotatable bonds is 6. The molecule has 0 aliphatic heterocycles. The molecule has 0 aliphatic rings. The van der Waals surface area contributed by atoms with Crippen molar-refractivity contribution in [2.75, 3.05) is 12.4 Å². The normalized spacial score (nSPS) is 9.62. The van der Waals surface area contributed by atoms with Crippen LogP contribution in [0.3, 0.4) is 0 Å². The molecule has 4 nitrogen and oxygen atoms in total. The fraction of sp³-hybridized carbons (Fsp3) is 0.333. The van der Waals surface area contributed by atoms with Crippen LogP contribution in [0.4, 0.5) is 5.13 Å². The fourth-order valence-corrected chi connectivity index (χ4v) is 2.37. The van der Waals surface area contributed by atoms with E-state index in [0.717, 1.165) is 29.3 Å². The van der Waals surface area contributed by atoms with Crippen molar-refractivity contribution in [3.05, 3.63) is 78.5 Å². The minimum atomic E-state index is 0.840. The first-order chi connectivity index (χ1) is 14.3. The molecule has 162 valence electrons. The van der Waals surface area contributed by atoms with Crippen LogP contribution in [-0.2, 0) is 0 Å². The Morgan fingerprint density at radius 3 is 2.21 bits per heavy atom. The molecule has 0 atom stereocenters. The molecule has 2 aromatic heterocycles. The van der Waals surface area contributed by atoms with Crippen molar-refractivity contribution in [2.24, 2.45) is 0 Å². The number of aromatic nitrogens is 2. The van der Waals surface area contributed by atoms with Crippen molar-refractivity contribution in [3.8, 4) is 11.4 Å². The molecule has 0 spiro atoms. The van der Waals surface area contributed by atoms with E-state index in [1.165, 1.54) is 0 Å². The molecule has 0 saturated heterocycles. The summed E-state index contributed by atoms with van der Waals surface area (Å²) >= 11 is 1.56. The molecule has 2 aromatic rings. The smallest absolute Gasteiger partial charge is 0.187 e. The average Bonchev–Trinajstić information content (AvgIpc) is 3.29. The van der Waals surface area contributed by atoms with E-state index in [0.29, 0.717) is 0 Å². The minimum absolute atomic E-state index is 0.840. The summed E-state index contributed by atoms with van der Waals surface area (Å²) in [5.41, 5.74) is 2.73. The molecule has 0 saturated carbocycles. The third kappa shape index (κ3) is 15.1. The largest absolute Gasteiger partial charge is 0.400 e. The molecular weight excluding hydrogens is 378 g/mol. The van der Waals surface area contributed by atoms with E-state index in [4.69, 9.17) is 5.11 Å². The third-order valence-corrected chi connectivity index (χ3v) is 3.31. The Morgan fingerprint density at radius 2 is 1.69 bits per heavy atom. The standard InChI is InChI=1S/C17H17N3S.3C2H6.CH4O/c1-3-5-6-10-14(9-4-2)19-17-20-16(13-21-17)15-11-7-8-12-18-15;4*1-2/h3-13H,1H2,2H3,(H,19,20);3*1-2H3;2H,1H3/b6-5-,9-4-,14-10+;;;;. The van der Waals surface area contributed by atoms with Gasteiger partial charge in [-0.15, -0.1) is 11.3 Å². The van der Waals surface area contributed by atoms with E-state index in [1.807, 2.05) is 102 Å².